The Labute approximate surface area is 172 Å². The van der Waals surface area contributed by atoms with E-state index >= 15 is 0 Å². The van der Waals surface area contributed by atoms with E-state index in [1.807, 2.05) is 43.3 Å². The van der Waals surface area contributed by atoms with E-state index in [0.29, 0.717) is 5.01 Å². The van der Waals surface area contributed by atoms with Crippen LogP contribution >= 0.6 is 11.3 Å². The molecular weight excluding hydrogens is 388 g/mol. The number of amides is 1. The number of aryl methyl sites for hydroxylation is 1. The molecule has 2 aromatic carbocycles. The minimum atomic E-state index is -1.65. The number of aliphatic carboxylic acids is 1. The van der Waals surface area contributed by atoms with Crippen molar-refractivity contribution in [2.45, 2.75) is 25.3 Å². The lowest BCUT2D eigenvalue weighted by atomic mass is 9.98. The van der Waals surface area contributed by atoms with Gasteiger partial charge in [0.15, 0.2) is 5.54 Å². The normalized spacial score (nSPS) is 14.6. The topological polar surface area (TPSA) is 88.5 Å². The molecule has 1 atom stereocenters. The smallest absolute Gasteiger partial charge is 0.408 e. The Morgan fingerprint density at radius 1 is 1.14 bits per heavy atom. The number of rotatable bonds is 5. The van der Waals surface area contributed by atoms with Gasteiger partial charge in [0.1, 0.15) is 11.6 Å². The fourth-order valence-corrected chi connectivity index (χ4v) is 4.48. The summed E-state index contributed by atoms with van der Waals surface area (Å²) < 4.78 is 5.48. The highest BCUT2D eigenvalue weighted by atomic mass is 32.1. The van der Waals surface area contributed by atoms with Crippen LogP contribution in [0, 0.1) is 6.92 Å². The second-order valence-corrected chi connectivity index (χ2v) is 8.39. The highest BCUT2D eigenvalue weighted by molar-refractivity contribution is 7.11. The molecule has 6 nitrogen and oxygen atoms in total. The van der Waals surface area contributed by atoms with Gasteiger partial charge in [0.2, 0.25) is 0 Å². The average Bonchev–Trinajstić information content (AvgIpc) is 3.28. The lowest BCUT2D eigenvalue weighted by Crippen LogP contribution is -2.49. The van der Waals surface area contributed by atoms with Crippen LogP contribution in [0.4, 0.5) is 4.79 Å². The summed E-state index contributed by atoms with van der Waals surface area (Å²) in [5, 5.41) is 12.5. The quantitative estimate of drug-likeness (QED) is 0.657. The molecule has 0 saturated heterocycles. The lowest BCUT2D eigenvalue weighted by molar-refractivity contribution is -0.144. The fourth-order valence-electron chi connectivity index (χ4n) is 3.62. The predicted molar refractivity (Wildman–Crippen MR) is 110 cm³/mol. The number of carboxylic acids is 1. The molecule has 2 N–H and O–H groups in total. The summed E-state index contributed by atoms with van der Waals surface area (Å²) in [4.78, 5) is 29.3. The molecule has 0 fully saturated rings. The first kappa shape index (κ1) is 19.1. The Morgan fingerprint density at radius 3 is 2.24 bits per heavy atom. The summed E-state index contributed by atoms with van der Waals surface area (Å²) in [6.07, 6.45) is 0.797. The van der Waals surface area contributed by atoms with Crippen LogP contribution in [0.3, 0.4) is 0 Å². The fraction of sp³-hybridized carbons (Fsp3) is 0.227. The van der Waals surface area contributed by atoms with Crippen LogP contribution in [0.5, 0.6) is 0 Å². The third-order valence-corrected chi connectivity index (χ3v) is 6.31. The van der Waals surface area contributed by atoms with Gasteiger partial charge >= 0.3 is 12.1 Å². The average molecular weight is 408 g/mol. The van der Waals surface area contributed by atoms with Crippen molar-refractivity contribution >= 4 is 23.4 Å². The molecule has 0 radical (unpaired) electrons. The molecule has 1 aromatic heterocycles. The van der Waals surface area contributed by atoms with Crippen LogP contribution in [0.1, 0.15) is 33.9 Å². The van der Waals surface area contributed by atoms with E-state index in [1.54, 1.807) is 6.20 Å². The minimum absolute atomic E-state index is 0.0914. The number of alkyl carbamates (subject to hydrolysis) is 1. The number of carboxylic acid groups (broad SMARTS) is 1. The maximum Gasteiger partial charge on any atom is 0.408 e. The van der Waals surface area contributed by atoms with Crippen molar-refractivity contribution in [2.75, 3.05) is 6.61 Å². The zero-order chi connectivity index (χ0) is 20.6. The zero-order valence-corrected chi connectivity index (χ0v) is 16.8. The first-order valence-electron chi connectivity index (χ1n) is 9.19. The number of thiazole rings is 1. The number of carbonyl (C=O) groups is 2. The van der Waals surface area contributed by atoms with Crippen molar-refractivity contribution in [3.63, 3.8) is 0 Å². The molecule has 0 unspecified atom stereocenters. The van der Waals surface area contributed by atoms with Crippen molar-refractivity contribution in [3.8, 4) is 11.1 Å². The van der Waals surface area contributed by atoms with E-state index in [2.05, 4.69) is 22.4 Å². The van der Waals surface area contributed by atoms with Gasteiger partial charge in [-0.1, -0.05) is 48.5 Å². The number of nitrogens with zero attached hydrogens (tertiary/aromatic N) is 1. The number of aromatic nitrogens is 1. The largest absolute Gasteiger partial charge is 0.479 e. The highest BCUT2D eigenvalue weighted by Gasteiger charge is 2.40. The van der Waals surface area contributed by atoms with Crippen molar-refractivity contribution in [3.05, 3.63) is 75.7 Å². The Morgan fingerprint density at radius 2 is 1.72 bits per heavy atom. The molecule has 1 aliphatic rings. The Hall–Kier alpha value is -3.19. The number of hydrogen-bond donors (Lipinski definition) is 2. The third kappa shape index (κ3) is 3.38. The number of nitrogens with one attached hydrogen (secondary N) is 1. The van der Waals surface area contributed by atoms with Crippen molar-refractivity contribution in [1.29, 1.82) is 0 Å². The maximum atomic E-state index is 12.5. The van der Waals surface area contributed by atoms with Crippen LogP contribution in [0.2, 0.25) is 0 Å². The van der Waals surface area contributed by atoms with E-state index in [9.17, 15) is 14.7 Å². The van der Waals surface area contributed by atoms with E-state index in [4.69, 9.17) is 4.74 Å². The highest BCUT2D eigenvalue weighted by Crippen LogP contribution is 2.44. The van der Waals surface area contributed by atoms with Gasteiger partial charge in [0.25, 0.3) is 0 Å². The molecule has 0 saturated carbocycles. The van der Waals surface area contributed by atoms with Gasteiger partial charge in [0.05, 0.1) is 0 Å². The SMILES string of the molecule is Cc1cnc([C@@](C)(NC(=O)OCC2c3ccccc3-c3ccccc32)C(=O)O)s1. The van der Waals surface area contributed by atoms with Gasteiger partial charge in [0, 0.05) is 17.0 Å². The van der Waals surface area contributed by atoms with Gasteiger partial charge in [-0.15, -0.1) is 11.3 Å². The number of ether oxygens (including phenoxy) is 1. The molecule has 1 amide bonds. The Bertz CT molecular complexity index is 1050. The zero-order valence-electron chi connectivity index (χ0n) is 16.0. The predicted octanol–water partition coefficient (Wildman–Crippen LogP) is 4.29. The standard InChI is InChI=1S/C22H20N2O4S/c1-13-11-23-19(29-13)22(2,20(25)26)24-21(27)28-12-18-16-9-5-3-7-14(16)15-8-4-6-10-17(15)18/h3-11,18H,12H2,1-2H3,(H,24,27)(H,25,26)/t22-/m1/s1. The van der Waals surface area contributed by atoms with Crippen LogP contribution < -0.4 is 5.32 Å². The van der Waals surface area contributed by atoms with E-state index in [-0.39, 0.29) is 12.5 Å². The summed E-state index contributed by atoms with van der Waals surface area (Å²) in [5.41, 5.74) is 2.80. The molecule has 148 valence electrons. The van der Waals surface area contributed by atoms with Gasteiger partial charge < -0.3 is 9.84 Å². The third-order valence-electron chi connectivity index (χ3n) is 5.17. The molecule has 0 spiro atoms. The van der Waals surface area contributed by atoms with Crippen LogP contribution in [-0.4, -0.2) is 28.8 Å². The summed E-state index contributed by atoms with van der Waals surface area (Å²) in [5.74, 6) is -1.29. The maximum absolute atomic E-state index is 12.5. The Balaban J connectivity index is 1.52. The molecule has 1 heterocycles. The summed E-state index contributed by atoms with van der Waals surface area (Å²) in [7, 11) is 0. The van der Waals surface area contributed by atoms with E-state index in [0.717, 1.165) is 27.1 Å². The molecule has 4 rings (SSSR count). The summed E-state index contributed by atoms with van der Waals surface area (Å²) in [6, 6.07) is 16.1. The number of hydrogen-bond acceptors (Lipinski definition) is 5. The molecule has 0 aliphatic heterocycles. The lowest BCUT2D eigenvalue weighted by Gasteiger charge is -2.24. The molecule has 3 aromatic rings. The first-order chi connectivity index (χ1) is 13.9. The molecule has 0 bridgehead atoms. The second kappa shape index (κ2) is 7.33. The van der Waals surface area contributed by atoms with Crippen molar-refractivity contribution in [1.82, 2.24) is 10.3 Å². The minimum Gasteiger partial charge on any atom is -0.479 e. The van der Waals surface area contributed by atoms with Crippen molar-refractivity contribution < 1.29 is 19.4 Å². The van der Waals surface area contributed by atoms with Gasteiger partial charge in [-0.2, -0.15) is 0 Å². The number of fused-ring (bicyclic) bond motifs is 3. The first-order valence-corrected chi connectivity index (χ1v) is 10.0. The molecule has 29 heavy (non-hydrogen) atoms. The summed E-state index contributed by atoms with van der Waals surface area (Å²) >= 11 is 1.23. The van der Waals surface area contributed by atoms with Crippen LogP contribution in [0.25, 0.3) is 11.1 Å². The van der Waals surface area contributed by atoms with Gasteiger partial charge in [-0.05, 0) is 36.1 Å². The molecule has 1 aliphatic carbocycles. The van der Waals surface area contributed by atoms with Crippen LogP contribution in [-0.2, 0) is 15.1 Å². The van der Waals surface area contributed by atoms with E-state index < -0.39 is 17.6 Å². The van der Waals surface area contributed by atoms with E-state index in [1.165, 1.54) is 18.3 Å². The number of benzene rings is 2. The number of carbonyl (C=O) groups excluding carboxylic acids is 1. The molecular formula is C22H20N2O4S. The molecule has 7 heteroatoms. The monoisotopic (exact) mass is 408 g/mol. The summed E-state index contributed by atoms with van der Waals surface area (Å²) in [6.45, 7) is 3.36. The van der Waals surface area contributed by atoms with Crippen LogP contribution in [0.15, 0.2) is 54.7 Å². The Kier molecular flexibility index (Phi) is 4.84. The second-order valence-electron chi connectivity index (χ2n) is 7.16. The van der Waals surface area contributed by atoms with Gasteiger partial charge in [-0.3, -0.25) is 5.32 Å². The van der Waals surface area contributed by atoms with Crippen molar-refractivity contribution in [2.24, 2.45) is 0 Å². The van der Waals surface area contributed by atoms with Gasteiger partial charge in [-0.25, -0.2) is 14.6 Å².